The summed E-state index contributed by atoms with van der Waals surface area (Å²) in [4.78, 5) is 11.8. The highest BCUT2D eigenvalue weighted by atomic mass is 16.7. The fourth-order valence-electron chi connectivity index (χ4n) is 4.62. The molecule has 0 amide bonds. The molecule has 2 aliphatic carbocycles. The predicted molar refractivity (Wildman–Crippen MR) is 77.3 cm³/mol. The minimum Gasteiger partial charge on any atom is -0.347 e. The van der Waals surface area contributed by atoms with Crippen LogP contribution in [-0.2, 0) is 14.3 Å². The van der Waals surface area contributed by atoms with E-state index < -0.39 is 0 Å². The molecule has 1 saturated heterocycles. The van der Waals surface area contributed by atoms with Crippen molar-refractivity contribution in [3.63, 3.8) is 0 Å². The summed E-state index contributed by atoms with van der Waals surface area (Å²) in [7, 11) is 0. The van der Waals surface area contributed by atoms with Crippen molar-refractivity contribution in [2.75, 3.05) is 13.2 Å². The lowest BCUT2D eigenvalue weighted by Crippen LogP contribution is -2.39. The van der Waals surface area contributed by atoms with Crippen molar-refractivity contribution >= 4 is 5.78 Å². The first kappa shape index (κ1) is 14.5. The van der Waals surface area contributed by atoms with E-state index >= 15 is 0 Å². The van der Waals surface area contributed by atoms with E-state index in [0.717, 1.165) is 45.3 Å². The molecule has 1 aliphatic heterocycles. The van der Waals surface area contributed by atoms with Crippen LogP contribution < -0.4 is 0 Å². The summed E-state index contributed by atoms with van der Waals surface area (Å²) in [6.07, 6.45) is 8.48. The van der Waals surface area contributed by atoms with E-state index in [0.29, 0.717) is 17.6 Å². The topological polar surface area (TPSA) is 35.5 Å². The minimum absolute atomic E-state index is 0.216. The number of Topliss-reactive ketones (excluding diaryl/α,β-unsaturated/α-hetero) is 1. The van der Waals surface area contributed by atoms with Gasteiger partial charge in [0.05, 0.1) is 13.2 Å². The van der Waals surface area contributed by atoms with Crippen molar-refractivity contribution in [2.45, 2.75) is 71.0 Å². The third-order valence-electron chi connectivity index (χ3n) is 5.84. The van der Waals surface area contributed by atoms with E-state index in [9.17, 15) is 4.79 Å². The molecule has 3 fully saturated rings. The Bertz CT molecular complexity index is 363. The van der Waals surface area contributed by atoms with Gasteiger partial charge < -0.3 is 9.47 Å². The highest BCUT2D eigenvalue weighted by Crippen LogP contribution is 2.50. The monoisotopic (exact) mass is 280 g/mol. The Hall–Kier alpha value is -0.410. The van der Waals surface area contributed by atoms with Crippen molar-refractivity contribution in [1.29, 1.82) is 0 Å². The molecule has 3 rings (SSSR count). The zero-order valence-corrected chi connectivity index (χ0v) is 13.0. The zero-order valence-electron chi connectivity index (χ0n) is 13.0. The molecule has 0 bridgehead atoms. The standard InChI is InChI=1S/C17H28O3/c1-16(2,13-5-3-7-15(18)11-13)12-14-6-4-8-17(14)19-9-10-20-17/h13-14H,3-12H2,1-2H3. The van der Waals surface area contributed by atoms with E-state index in [2.05, 4.69) is 13.8 Å². The number of hydrogen-bond donors (Lipinski definition) is 0. The third kappa shape index (κ3) is 2.67. The average molecular weight is 280 g/mol. The Kier molecular flexibility index (Phi) is 3.93. The van der Waals surface area contributed by atoms with Gasteiger partial charge in [0.25, 0.3) is 0 Å². The molecule has 0 aromatic carbocycles. The van der Waals surface area contributed by atoms with Gasteiger partial charge in [-0.25, -0.2) is 0 Å². The highest BCUT2D eigenvalue weighted by Gasteiger charge is 2.50. The van der Waals surface area contributed by atoms with Crippen molar-refractivity contribution in [1.82, 2.24) is 0 Å². The maximum absolute atomic E-state index is 11.8. The Labute approximate surface area is 122 Å². The summed E-state index contributed by atoms with van der Waals surface area (Å²) < 4.78 is 12.0. The summed E-state index contributed by atoms with van der Waals surface area (Å²) in [6, 6.07) is 0. The molecule has 2 saturated carbocycles. The normalized spacial score (nSPS) is 34.0. The number of carbonyl (C=O) groups excluding carboxylic acids is 1. The van der Waals surface area contributed by atoms with Crippen molar-refractivity contribution < 1.29 is 14.3 Å². The summed E-state index contributed by atoms with van der Waals surface area (Å²) in [6.45, 7) is 6.19. The molecule has 3 nitrogen and oxygen atoms in total. The van der Waals surface area contributed by atoms with E-state index in [-0.39, 0.29) is 11.2 Å². The van der Waals surface area contributed by atoms with Crippen LogP contribution in [0.2, 0.25) is 0 Å². The predicted octanol–water partition coefficient (Wildman–Crippen LogP) is 3.71. The van der Waals surface area contributed by atoms with Crippen LogP contribution in [0.1, 0.15) is 65.2 Å². The highest BCUT2D eigenvalue weighted by molar-refractivity contribution is 5.79. The number of ether oxygens (including phenoxy) is 2. The smallest absolute Gasteiger partial charge is 0.171 e. The second kappa shape index (κ2) is 5.42. The molecule has 114 valence electrons. The molecular weight excluding hydrogens is 252 g/mol. The summed E-state index contributed by atoms with van der Waals surface area (Å²) in [5, 5.41) is 0. The summed E-state index contributed by atoms with van der Waals surface area (Å²) in [5.41, 5.74) is 0.216. The Balaban J connectivity index is 1.67. The van der Waals surface area contributed by atoms with Crippen LogP contribution in [0.15, 0.2) is 0 Å². The Morgan fingerprint density at radius 1 is 1.20 bits per heavy atom. The molecule has 3 heteroatoms. The Morgan fingerprint density at radius 3 is 2.65 bits per heavy atom. The molecule has 2 atom stereocenters. The first-order valence-corrected chi connectivity index (χ1v) is 8.31. The summed E-state index contributed by atoms with van der Waals surface area (Å²) >= 11 is 0. The second-order valence-electron chi connectivity index (χ2n) is 7.62. The third-order valence-corrected chi connectivity index (χ3v) is 5.84. The molecule has 0 aromatic rings. The van der Waals surface area contributed by atoms with Gasteiger partial charge in [0, 0.05) is 25.2 Å². The summed E-state index contributed by atoms with van der Waals surface area (Å²) in [5.74, 6) is 1.24. The molecule has 0 aromatic heterocycles. The van der Waals surface area contributed by atoms with Crippen LogP contribution in [-0.4, -0.2) is 24.8 Å². The van der Waals surface area contributed by atoms with Gasteiger partial charge in [-0.3, -0.25) is 4.79 Å². The lowest BCUT2D eigenvalue weighted by molar-refractivity contribution is -0.189. The molecule has 0 N–H and O–H groups in total. The van der Waals surface area contributed by atoms with Crippen molar-refractivity contribution in [3.05, 3.63) is 0 Å². The molecule has 1 heterocycles. The lowest BCUT2D eigenvalue weighted by atomic mass is 9.66. The molecule has 3 aliphatic rings. The quantitative estimate of drug-likeness (QED) is 0.790. The molecular formula is C17H28O3. The zero-order chi connectivity index (χ0) is 14.2. The van der Waals surface area contributed by atoms with Crippen LogP contribution >= 0.6 is 0 Å². The van der Waals surface area contributed by atoms with Gasteiger partial charge in [-0.15, -0.1) is 0 Å². The van der Waals surface area contributed by atoms with E-state index in [1.165, 1.54) is 19.3 Å². The molecule has 0 radical (unpaired) electrons. The number of hydrogen-bond acceptors (Lipinski definition) is 3. The maximum atomic E-state index is 11.8. The van der Waals surface area contributed by atoms with E-state index in [1.807, 2.05) is 0 Å². The minimum atomic E-state index is -0.282. The molecule has 1 spiro atoms. The average Bonchev–Trinajstić information content (AvgIpc) is 3.01. The lowest BCUT2D eigenvalue weighted by Gasteiger charge is -2.41. The largest absolute Gasteiger partial charge is 0.347 e. The van der Waals surface area contributed by atoms with Gasteiger partial charge in [-0.2, -0.15) is 0 Å². The number of rotatable bonds is 3. The van der Waals surface area contributed by atoms with Gasteiger partial charge in [0.2, 0.25) is 0 Å². The van der Waals surface area contributed by atoms with Crippen LogP contribution in [0.4, 0.5) is 0 Å². The first-order valence-electron chi connectivity index (χ1n) is 8.31. The van der Waals surface area contributed by atoms with Crippen LogP contribution in [0, 0.1) is 17.3 Å². The first-order chi connectivity index (χ1) is 9.52. The van der Waals surface area contributed by atoms with Gasteiger partial charge >= 0.3 is 0 Å². The van der Waals surface area contributed by atoms with Gasteiger partial charge in [-0.05, 0) is 43.4 Å². The van der Waals surface area contributed by atoms with Gasteiger partial charge in [0.1, 0.15) is 5.78 Å². The molecule has 2 unspecified atom stereocenters. The van der Waals surface area contributed by atoms with Crippen LogP contribution in [0.25, 0.3) is 0 Å². The Morgan fingerprint density at radius 2 is 1.95 bits per heavy atom. The van der Waals surface area contributed by atoms with Crippen molar-refractivity contribution in [3.8, 4) is 0 Å². The fraction of sp³-hybridized carbons (Fsp3) is 0.941. The van der Waals surface area contributed by atoms with Gasteiger partial charge in [-0.1, -0.05) is 13.8 Å². The number of ketones is 1. The van der Waals surface area contributed by atoms with Gasteiger partial charge in [0.15, 0.2) is 5.79 Å². The maximum Gasteiger partial charge on any atom is 0.171 e. The van der Waals surface area contributed by atoms with E-state index in [1.54, 1.807) is 0 Å². The number of carbonyl (C=O) groups is 1. The molecule has 20 heavy (non-hydrogen) atoms. The van der Waals surface area contributed by atoms with E-state index in [4.69, 9.17) is 9.47 Å². The SMILES string of the molecule is CC(C)(CC1CCCC12OCCO2)C1CCCC(=O)C1. The van der Waals surface area contributed by atoms with Crippen LogP contribution in [0.5, 0.6) is 0 Å². The second-order valence-corrected chi connectivity index (χ2v) is 7.62. The van der Waals surface area contributed by atoms with Crippen molar-refractivity contribution in [2.24, 2.45) is 17.3 Å². The fourth-order valence-corrected chi connectivity index (χ4v) is 4.62. The van der Waals surface area contributed by atoms with Crippen LogP contribution in [0.3, 0.4) is 0 Å².